The summed E-state index contributed by atoms with van der Waals surface area (Å²) in [5.41, 5.74) is 2.73. The molecular weight excluding hydrogens is 284 g/mol. The van der Waals surface area contributed by atoms with Crippen LogP contribution in [0.2, 0.25) is 0 Å². The SMILES string of the molecule is Cc1cccc(CC(CCl)CCSc2ccccc2)c1. The lowest BCUT2D eigenvalue weighted by Crippen LogP contribution is -2.08. The van der Waals surface area contributed by atoms with E-state index in [1.165, 1.54) is 16.0 Å². The van der Waals surface area contributed by atoms with E-state index in [4.69, 9.17) is 11.6 Å². The van der Waals surface area contributed by atoms with Crippen LogP contribution in [0.1, 0.15) is 17.5 Å². The highest BCUT2D eigenvalue weighted by molar-refractivity contribution is 7.99. The van der Waals surface area contributed by atoms with Gasteiger partial charge in [-0.2, -0.15) is 0 Å². The fourth-order valence-electron chi connectivity index (χ4n) is 2.27. The van der Waals surface area contributed by atoms with Gasteiger partial charge in [0, 0.05) is 10.8 Å². The van der Waals surface area contributed by atoms with Gasteiger partial charge in [-0.3, -0.25) is 0 Å². The van der Waals surface area contributed by atoms with E-state index in [1.807, 2.05) is 11.8 Å². The van der Waals surface area contributed by atoms with Crippen molar-refractivity contribution in [2.75, 3.05) is 11.6 Å². The van der Waals surface area contributed by atoms with Crippen molar-refractivity contribution in [3.05, 3.63) is 65.7 Å². The summed E-state index contributed by atoms with van der Waals surface area (Å²) in [6.45, 7) is 2.14. The van der Waals surface area contributed by atoms with E-state index >= 15 is 0 Å². The first-order valence-corrected chi connectivity index (χ1v) is 8.59. The predicted molar refractivity (Wildman–Crippen MR) is 90.9 cm³/mol. The van der Waals surface area contributed by atoms with Crippen LogP contribution in [-0.2, 0) is 6.42 Å². The molecule has 0 aliphatic rings. The fourth-order valence-corrected chi connectivity index (χ4v) is 3.57. The lowest BCUT2D eigenvalue weighted by molar-refractivity contribution is 0.571. The molecule has 0 fully saturated rings. The number of alkyl halides is 1. The molecule has 0 aromatic heterocycles. The summed E-state index contributed by atoms with van der Waals surface area (Å²) in [5, 5.41) is 0. The molecule has 2 aromatic rings. The third-order valence-corrected chi connectivity index (χ3v) is 4.84. The van der Waals surface area contributed by atoms with Gasteiger partial charge in [0.2, 0.25) is 0 Å². The number of hydrogen-bond acceptors (Lipinski definition) is 1. The molecule has 0 saturated heterocycles. The number of thioether (sulfide) groups is 1. The van der Waals surface area contributed by atoms with Gasteiger partial charge in [0.05, 0.1) is 0 Å². The highest BCUT2D eigenvalue weighted by Gasteiger charge is 2.09. The van der Waals surface area contributed by atoms with Crippen molar-refractivity contribution in [1.29, 1.82) is 0 Å². The summed E-state index contributed by atoms with van der Waals surface area (Å²) < 4.78 is 0. The smallest absolute Gasteiger partial charge is 0.0255 e. The molecule has 20 heavy (non-hydrogen) atoms. The van der Waals surface area contributed by atoms with Gasteiger partial charge in [-0.05, 0) is 49.1 Å². The molecule has 0 radical (unpaired) electrons. The standard InChI is InChI=1S/C18H21ClS/c1-15-6-5-7-16(12-15)13-17(14-19)10-11-20-18-8-3-2-4-9-18/h2-9,12,17H,10-11,13-14H2,1H3. The molecule has 0 nitrogen and oxygen atoms in total. The van der Waals surface area contributed by atoms with E-state index in [9.17, 15) is 0 Å². The van der Waals surface area contributed by atoms with Gasteiger partial charge in [0.1, 0.15) is 0 Å². The summed E-state index contributed by atoms with van der Waals surface area (Å²) in [6, 6.07) is 19.3. The Labute approximate surface area is 131 Å². The molecule has 2 heteroatoms. The van der Waals surface area contributed by atoms with Gasteiger partial charge in [-0.1, -0.05) is 48.0 Å². The molecule has 0 saturated carbocycles. The van der Waals surface area contributed by atoms with Gasteiger partial charge in [-0.15, -0.1) is 23.4 Å². The van der Waals surface area contributed by atoms with E-state index in [0.717, 1.165) is 24.5 Å². The van der Waals surface area contributed by atoms with Crippen molar-refractivity contribution in [2.24, 2.45) is 5.92 Å². The maximum atomic E-state index is 6.13. The molecule has 0 aliphatic heterocycles. The first kappa shape index (κ1) is 15.5. The number of benzene rings is 2. The van der Waals surface area contributed by atoms with Crippen LogP contribution in [0.15, 0.2) is 59.5 Å². The van der Waals surface area contributed by atoms with Crippen molar-refractivity contribution in [2.45, 2.75) is 24.7 Å². The maximum Gasteiger partial charge on any atom is 0.0255 e. The van der Waals surface area contributed by atoms with Gasteiger partial charge < -0.3 is 0 Å². The molecule has 2 rings (SSSR count). The van der Waals surface area contributed by atoms with Crippen LogP contribution in [0.5, 0.6) is 0 Å². The monoisotopic (exact) mass is 304 g/mol. The highest BCUT2D eigenvalue weighted by Crippen LogP contribution is 2.22. The zero-order valence-electron chi connectivity index (χ0n) is 11.9. The van der Waals surface area contributed by atoms with E-state index in [-0.39, 0.29) is 0 Å². The summed E-state index contributed by atoms with van der Waals surface area (Å²) in [4.78, 5) is 1.34. The fraction of sp³-hybridized carbons (Fsp3) is 0.333. The summed E-state index contributed by atoms with van der Waals surface area (Å²) in [5.74, 6) is 2.44. The van der Waals surface area contributed by atoms with Gasteiger partial charge >= 0.3 is 0 Å². The Morgan fingerprint density at radius 3 is 2.55 bits per heavy atom. The molecule has 0 amide bonds. The minimum absolute atomic E-state index is 0.565. The average molecular weight is 305 g/mol. The number of aryl methyl sites for hydroxylation is 1. The second-order valence-corrected chi connectivity index (χ2v) is 6.64. The number of halogens is 1. The molecule has 1 unspecified atom stereocenters. The average Bonchev–Trinajstić information content (AvgIpc) is 2.47. The van der Waals surface area contributed by atoms with E-state index in [1.54, 1.807) is 0 Å². The van der Waals surface area contributed by atoms with Gasteiger partial charge in [-0.25, -0.2) is 0 Å². The second kappa shape index (κ2) is 8.39. The van der Waals surface area contributed by atoms with Crippen LogP contribution in [0.4, 0.5) is 0 Å². The Morgan fingerprint density at radius 2 is 1.85 bits per heavy atom. The third-order valence-electron chi connectivity index (χ3n) is 3.36. The summed E-state index contributed by atoms with van der Waals surface area (Å²) in [7, 11) is 0. The molecule has 1 atom stereocenters. The summed E-state index contributed by atoms with van der Waals surface area (Å²) in [6.07, 6.45) is 2.25. The molecule has 106 valence electrons. The normalized spacial score (nSPS) is 12.3. The summed E-state index contributed by atoms with van der Waals surface area (Å²) >= 11 is 8.05. The van der Waals surface area contributed by atoms with Crippen LogP contribution < -0.4 is 0 Å². The maximum absolute atomic E-state index is 6.13. The van der Waals surface area contributed by atoms with E-state index in [0.29, 0.717) is 5.92 Å². The van der Waals surface area contributed by atoms with Crippen LogP contribution in [0, 0.1) is 12.8 Å². The zero-order valence-corrected chi connectivity index (χ0v) is 13.5. The minimum atomic E-state index is 0.565. The van der Waals surface area contributed by atoms with Crippen molar-refractivity contribution in [3.8, 4) is 0 Å². The second-order valence-electron chi connectivity index (χ2n) is 5.16. The molecular formula is C18H21ClS. The lowest BCUT2D eigenvalue weighted by atomic mass is 9.98. The first-order valence-electron chi connectivity index (χ1n) is 7.07. The van der Waals surface area contributed by atoms with Crippen LogP contribution in [0.3, 0.4) is 0 Å². The van der Waals surface area contributed by atoms with Gasteiger partial charge in [0.15, 0.2) is 0 Å². The Bertz CT molecular complexity index is 510. The first-order chi connectivity index (χ1) is 9.78. The quantitative estimate of drug-likeness (QED) is 0.475. The van der Waals surface area contributed by atoms with Gasteiger partial charge in [0.25, 0.3) is 0 Å². The molecule has 0 bridgehead atoms. The lowest BCUT2D eigenvalue weighted by Gasteiger charge is -2.14. The molecule has 0 N–H and O–H groups in total. The van der Waals surface area contributed by atoms with Crippen molar-refractivity contribution < 1.29 is 0 Å². The van der Waals surface area contributed by atoms with Crippen LogP contribution in [0.25, 0.3) is 0 Å². The Balaban J connectivity index is 1.80. The third kappa shape index (κ3) is 5.22. The van der Waals surface area contributed by atoms with Crippen molar-refractivity contribution in [1.82, 2.24) is 0 Å². The topological polar surface area (TPSA) is 0 Å². The van der Waals surface area contributed by atoms with Crippen LogP contribution >= 0.6 is 23.4 Å². The van der Waals surface area contributed by atoms with E-state index in [2.05, 4.69) is 61.5 Å². The van der Waals surface area contributed by atoms with Crippen molar-refractivity contribution in [3.63, 3.8) is 0 Å². The Kier molecular flexibility index (Phi) is 6.49. The minimum Gasteiger partial charge on any atom is -0.126 e. The van der Waals surface area contributed by atoms with Crippen LogP contribution in [-0.4, -0.2) is 11.6 Å². The van der Waals surface area contributed by atoms with E-state index < -0.39 is 0 Å². The molecule has 0 heterocycles. The number of rotatable bonds is 7. The Hall–Kier alpha value is -0.920. The Morgan fingerprint density at radius 1 is 1.05 bits per heavy atom. The molecule has 0 spiro atoms. The molecule has 2 aromatic carbocycles. The predicted octanol–water partition coefficient (Wildman–Crippen LogP) is 5.57. The van der Waals surface area contributed by atoms with Crippen molar-refractivity contribution >= 4 is 23.4 Å². The largest absolute Gasteiger partial charge is 0.126 e. The molecule has 0 aliphatic carbocycles. The highest BCUT2D eigenvalue weighted by atomic mass is 35.5. The number of hydrogen-bond donors (Lipinski definition) is 0. The zero-order chi connectivity index (χ0) is 14.2.